The van der Waals surface area contributed by atoms with Gasteiger partial charge in [0.25, 0.3) is 5.91 Å². The number of aromatic nitrogens is 2. The lowest BCUT2D eigenvalue weighted by molar-refractivity contribution is 0.101. The summed E-state index contributed by atoms with van der Waals surface area (Å²) >= 11 is 9.13. The van der Waals surface area contributed by atoms with Crippen LogP contribution in [-0.4, -0.2) is 15.5 Å². The third kappa shape index (κ3) is 2.68. The van der Waals surface area contributed by atoms with Gasteiger partial charge in [-0.3, -0.25) is 9.78 Å². The number of carbonyl (C=O) groups is 1. The van der Waals surface area contributed by atoms with Crippen molar-refractivity contribution in [1.82, 2.24) is 9.55 Å². The van der Waals surface area contributed by atoms with E-state index in [9.17, 15) is 4.79 Å². The molecular weight excluding hydrogens is 305 g/mol. The summed E-state index contributed by atoms with van der Waals surface area (Å²) < 4.78 is 2.40. The molecule has 0 aliphatic rings. The highest BCUT2D eigenvalue weighted by Gasteiger charge is 2.12. The van der Waals surface area contributed by atoms with Gasteiger partial charge in [0.1, 0.15) is 5.69 Å². The number of pyridine rings is 1. The van der Waals surface area contributed by atoms with E-state index in [1.54, 1.807) is 42.3 Å². The number of hydrogen-bond donors (Lipinski definition) is 1. The van der Waals surface area contributed by atoms with Gasteiger partial charge in [-0.15, -0.1) is 0 Å². The van der Waals surface area contributed by atoms with Gasteiger partial charge in [-0.05, 0) is 28.1 Å². The maximum Gasteiger partial charge on any atom is 0.272 e. The fraction of sp³-hybridized carbons (Fsp3) is 0.0909. The van der Waals surface area contributed by atoms with Crippen LogP contribution >= 0.6 is 27.5 Å². The van der Waals surface area contributed by atoms with Gasteiger partial charge in [-0.2, -0.15) is 0 Å². The van der Waals surface area contributed by atoms with Gasteiger partial charge in [0.2, 0.25) is 0 Å². The Morgan fingerprint density at radius 1 is 1.59 bits per heavy atom. The highest BCUT2D eigenvalue weighted by Crippen LogP contribution is 2.21. The summed E-state index contributed by atoms with van der Waals surface area (Å²) in [6, 6.07) is 3.33. The van der Waals surface area contributed by atoms with Gasteiger partial charge in [0.15, 0.2) is 0 Å². The molecule has 0 saturated carbocycles. The maximum atomic E-state index is 12.0. The molecule has 2 rings (SSSR count). The molecule has 0 spiro atoms. The lowest BCUT2D eigenvalue weighted by Crippen LogP contribution is -2.15. The zero-order valence-electron chi connectivity index (χ0n) is 8.95. The SMILES string of the molecule is Cn1cc(Cl)cc1C(=O)Nc1ccncc1Br. The first-order chi connectivity index (χ1) is 8.08. The summed E-state index contributed by atoms with van der Waals surface area (Å²) in [6.07, 6.45) is 4.91. The van der Waals surface area contributed by atoms with Crippen molar-refractivity contribution in [2.24, 2.45) is 7.05 Å². The Labute approximate surface area is 112 Å². The molecule has 0 aromatic carbocycles. The second kappa shape index (κ2) is 4.89. The Balaban J connectivity index is 2.23. The molecule has 0 unspecified atom stereocenters. The van der Waals surface area contributed by atoms with E-state index in [1.807, 2.05) is 0 Å². The van der Waals surface area contributed by atoms with Crippen LogP contribution in [0.2, 0.25) is 5.02 Å². The zero-order valence-corrected chi connectivity index (χ0v) is 11.3. The molecule has 0 atom stereocenters. The molecule has 2 aromatic heterocycles. The maximum absolute atomic E-state index is 12.0. The molecular formula is C11H9BrClN3O. The number of halogens is 2. The van der Waals surface area contributed by atoms with Crippen molar-refractivity contribution in [3.8, 4) is 0 Å². The highest BCUT2D eigenvalue weighted by atomic mass is 79.9. The van der Waals surface area contributed by atoms with Crippen molar-refractivity contribution in [2.45, 2.75) is 0 Å². The van der Waals surface area contributed by atoms with E-state index in [0.717, 1.165) is 4.47 Å². The molecule has 0 aliphatic carbocycles. The topological polar surface area (TPSA) is 46.9 Å². The fourth-order valence-corrected chi connectivity index (χ4v) is 2.01. The van der Waals surface area contributed by atoms with E-state index in [2.05, 4.69) is 26.2 Å². The molecule has 2 heterocycles. The Hall–Kier alpha value is -1.33. The molecule has 0 saturated heterocycles. The Morgan fingerprint density at radius 2 is 2.35 bits per heavy atom. The van der Waals surface area contributed by atoms with Crippen LogP contribution in [0, 0.1) is 0 Å². The van der Waals surface area contributed by atoms with Crippen molar-refractivity contribution >= 4 is 39.1 Å². The number of rotatable bonds is 2. The monoisotopic (exact) mass is 313 g/mol. The normalized spacial score (nSPS) is 10.3. The predicted molar refractivity (Wildman–Crippen MR) is 70.3 cm³/mol. The minimum absolute atomic E-state index is 0.216. The van der Waals surface area contributed by atoms with E-state index in [1.165, 1.54) is 0 Å². The number of aryl methyl sites for hydroxylation is 1. The van der Waals surface area contributed by atoms with E-state index < -0.39 is 0 Å². The molecule has 1 amide bonds. The number of carbonyl (C=O) groups excluding carboxylic acids is 1. The van der Waals surface area contributed by atoms with Gasteiger partial charge in [0, 0.05) is 25.6 Å². The first kappa shape index (κ1) is 12.1. The molecule has 0 radical (unpaired) electrons. The highest BCUT2D eigenvalue weighted by molar-refractivity contribution is 9.10. The van der Waals surface area contributed by atoms with E-state index in [0.29, 0.717) is 16.4 Å². The number of anilines is 1. The van der Waals surface area contributed by atoms with E-state index >= 15 is 0 Å². The zero-order chi connectivity index (χ0) is 12.4. The van der Waals surface area contributed by atoms with Crippen LogP contribution in [-0.2, 0) is 7.05 Å². The van der Waals surface area contributed by atoms with Crippen LogP contribution in [0.25, 0.3) is 0 Å². The van der Waals surface area contributed by atoms with Crippen molar-refractivity contribution in [1.29, 1.82) is 0 Å². The Morgan fingerprint density at radius 3 is 2.94 bits per heavy atom. The second-order valence-electron chi connectivity index (χ2n) is 3.46. The quantitative estimate of drug-likeness (QED) is 0.926. The minimum Gasteiger partial charge on any atom is -0.345 e. The predicted octanol–water partition coefficient (Wildman–Crippen LogP) is 3.09. The molecule has 17 heavy (non-hydrogen) atoms. The average molecular weight is 315 g/mol. The van der Waals surface area contributed by atoms with Gasteiger partial charge in [-0.1, -0.05) is 11.6 Å². The molecule has 88 valence electrons. The standard InChI is InChI=1S/C11H9BrClN3O/c1-16-6-7(13)4-10(16)11(17)15-9-2-3-14-5-8(9)12/h2-6H,1H3,(H,14,15,17). The lowest BCUT2D eigenvalue weighted by Gasteiger charge is -2.07. The van der Waals surface area contributed by atoms with Crippen LogP contribution in [0.4, 0.5) is 5.69 Å². The summed E-state index contributed by atoms with van der Waals surface area (Å²) in [5.74, 6) is -0.216. The van der Waals surface area contributed by atoms with E-state index in [-0.39, 0.29) is 5.91 Å². The Kier molecular flexibility index (Phi) is 3.49. The molecule has 6 heteroatoms. The third-order valence-electron chi connectivity index (χ3n) is 2.22. The second-order valence-corrected chi connectivity index (χ2v) is 4.75. The van der Waals surface area contributed by atoms with Crippen molar-refractivity contribution < 1.29 is 4.79 Å². The first-order valence-electron chi connectivity index (χ1n) is 4.80. The van der Waals surface area contributed by atoms with Gasteiger partial charge in [0.05, 0.1) is 15.2 Å². The van der Waals surface area contributed by atoms with Crippen LogP contribution in [0.15, 0.2) is 35.2 Å². The molecule has 0 fully saturated rings. The summed E-state index contributed by atoms with van der Waals surface area (Å²) in [7, 11) is 1.77. The van der Waals surface area contributed by atoms with Crippen LogP contribution < -0.4 is 5.32 Å². The number of nitrogens with zero attached hydrogens (tertiary/aromatic N) is 2. The van der Waals surface area contributed by atoms with Crippen molar-refractivity contribution in [2.75, 3.05) is 5.32 Å². The average Bonchev–Trinajstić information content (AvgIpc) is 2.61. The molecule has 2 aromatic rings. The smallest absolute Gasteiger partial charge is 0.272 e. The third-order valence-corrected chi connectivity index (χ3v) is 3.06. The van der Waals surface area contributed by atoms with Gasteiger partial charge in [-0.25, -0.2) is 0 Å². The van der Waals surface area contributed by atoms with Crippen LogP contribution in [0.3, 0.4) is 0 Å². The molecule has 1 N–H and O–H groups in total. The molecule has 4 nitrogen and oxygen atoms in total. The summed E-state index contributed by atoms with van der Waals surface area (Å²) in [4.78, 5) is 15.9. The van der Waals surface area contributed by atoms with Gasteiger partial charge < -0.3 is 9.88 Å². The first-order valence-corrected chi connectivity index (χ1v) is 5.98. The van der Waals surface area contributed by atoms with Crippen molar-refractivity contribution in [3.05, 3.63) is 45.9 Å². The number of hydrogen-bond acceptors (Lipinski definition) is 2. The minimum atomic E-state index is -0.216. The van der Waals surface area contributed by atoms with Gasteiger partial charge >= 0.3 is 0 Å². The van der Waals surface area contributed by atoms with Crippen LogP contribution in [0.1, 0.15) is 10.5 Å². The van der Waals surface area contributed by atoms with E-state index in [4.69, 9.17) is 11.6 Å². The van der Waals surface area contributed by atoms with Crippen molar-refractivity contribution in [3.63, 3.8) is 0 Å². The molecule has 0 aliphatic heterocycles. The number of amides is 1. The number of nitrogens with one attached hydrogen (secondary N) is 1. The summed E-state index contributed by atoms with van der Waals surface area (Å²) in [6.45, 7) is 0. The lowest BCUT2D eigenvalue weighted by atomic mass is 10.3. The molecule has 0 bridgehead atoms. The Bertz CT molecular complexity index is 568. The summed E-state index contributed by atoms with van der Waals surface area (Å²) in [5, 5.41) is 3.31. The summed E-state index contributed by atoms with van der Waals surface area (Å²) in [5.41, 5.74) is 1.17. The largest absolute Gasteiger partial charge is 0.345 e. The fourth-order valence-electron chi connectivity index (χ4n) is 1.41. The van der Waals surface area contributed by atoms with Crippen LogP contribution in [0.5, 0.6) is 0 Å².